The van der Waals surface area contributed by atoms with E-state index in [9.17, 15) is 0 Å². The Balaban J connectivity index is 1.51. The van der Waals surface area contributed by atoms with Crippen molar-refractivity contribution in [3.05, 3.63) is 65.4 Å². The third-order valence-electron chi connectivity index (χ3n) is 4.26. The monoisotopic (exact) mass is 337 g/mol. The minimum atomic E-state index is 0.352. The van der Waals surface area contributed by atoms with Crippen LogP contribution in [-0.4, -0.2) is 26.4 Å². The topological polar surface area (TPSA) is 53.9 Å². The lowest BCUT2D eigenvalue weighted by Crippen LogP contribution is -2.23. The van der Waals surface area contributed by atoms with Crippen molar-refractivity contribution < 1.29 is 0 Å². The summed E-state index contributed by atoms with van der Waals surface area (Å²) in [4.78, 5) is 15.8. The number of anilines is 2. The summed E-state index contributed by atoms with van der Waals surface area (Å²) < 4.78 is 0. The minimum absolute atomic E-state index is 0.352. The van der Waals surface area contributed by atoms with Gasteiger partial charge in [-0.1, -0.05) is 30.3 Å². The molecule has 0 bridgehead atoms. The molecule has 0 saturated carbocycles. The molecule has 24 heavy (non-hydrogen) atoms. The summed E-state index contributed by atoms with van der Waals surface area (Å²) in [6, 6.07) is 13.0. The van der Waals surface area contributed by atoms with Crippen molar-refractivity contribution in [2.75, 3.05) is 11.9 Å². The maximum absolute atomic E-state index is 4.72. The maximum Gasteiger partial charge on any atom is 0.229 e. The lowest BCUT2D eigenvalue weighted by molar-refractivity contribution is 0.244. The fraction of sp³-hybridized carbons (Fsp3) is 0.278. The largest absolute Gasteiger partial charge is 0.300 e. The average molecular weight is 337 g/mol. The normalized spacial score (nSPS) is 17.9. The highest BCUT2D eigenvalue weighted by Crippen LogP contribution is 2.32. The maximum atomic E-state index is 4.72. The van der Waals surface area contributed by atoms with Gasteiger partial charge in [-0.2, -0.15) is 0 Å². The molecule has 122 valence electrons. The first-order valence-corrected chi connectivity index (χ1v) is 9.04. The predicted octanol–water partition coefficient (Wildman–Crippen LogP) is 4.01. The number of rotatable bonds is 5. The second-order valence-corrected chi connectivity index (χ2v) is 6.78. The summed E-state index contributed by atoms with van der Waals surface area (Å²) in [5.74, 6) is 0.619. The molecule has 0 amide bonds. The minimum Gasteiger partial charge on any atom is -0.300 e. The molecule has 1 aliphatic rings. The number of hydrogen-bond donors (Lipinski definition) is 1. The third kappa shape index (κ3) is 3.44. The van der Waals surface area contributed by atoms with Crippen molar-refractivity contribution in [3.8, 4) is 0 Å². The van der Waals surface area contributed by atoms with E-state index in [1.54, 1.807) is 17.5 Å². The van der Waals surface area contributed by atoms with Crippen LogP contribution < -0.4 is 5.32 Å². The molecule has 1 N–H and O–H groups in total. The van der Waals surface area contributed by atoms with Gasteiger partial charge >= 0.3 is 0 Å². The van der Waals surface area contributed by atoms with Crippen molar-refractivity contribution in [3.63, 3.8) is 0 Å². The summed E-state index contributed by atoms with van der Waals surface area (Å²) >= 11 is 1.55. The molecule has 6 heteroatoms. The van der Waals surface area contributed by atoms with Gasteiger partial charge in [-0.05, 0) is 31.0 Å². The Morgan fingerprint density at radius 3 is 2.88 bits per heavy atom. The molecule has 0 spiro atoms. The fourth-order valence-electron chi connectivity index (χ4n) is 3.17. The number of likely N-dealkylation sites (tertiary alicyclic amines) is 1. The molecule has 2 aromatic heterocycles. The Morgan fingerprint density at radius 1 is 1.12 bits per heavy atom. The molecule has 5 nitrogen and oxygen atoms in total. The zero-order valence-electron chi connectivity index (χ0n) is 13.3. The number of nitrogens with one attached hydrogen (secondary N) is 1. The van der Waals surface area contributed by atoms with Gasteiger partial charge in [0.1, 0.15) is 0 Å². The molecule has 0 unspecified atom stereocenters. The first-order chi connectivity index (χ1) is 11.9. The van der Waals surface area contributed by atoms with E-state index in [1.165, 1.54) is 12.0 Å². The molecule has 1 aromatic carbocycles. The molecule has 1 fully saturated rings. The molecule has 0 radical (unpaired) electrons. The van der Waals surface area contributed by atoms with Gasteiger partial charge in [0.25, 0.3) is 0 Å². The molecule has 3 heterocycles. The molecular formula is C18H19N5S. The molecule has 4 rings (SSSR count). The summed E-state index contributed by atoms with van der Waals surface area (Å²) in [7, 11) is 0. The molecule has 3 aromatic rings. The summed E-state index contributed by atoms with van der Waals surface area (Å²) in [5.41, 5.74) is 2.43. The van der Waals surface area contributed by atoms with Crippen LogP contribution in [0, 0.1) is 0 Å². The quantitative estimate of drug-likeness (QED) is 0.762. The van der Waals surface area contributed by atoms with Crippen LogP contribution >= 0.6 is 11.3 Å². The lowest BCUT2D eigenvalue weighted by atomic mass is 10.1. The van der Waals surface area contributed by atoms with Crippen molar-refractivity contribution in [1.29, 1.82) is 0 Å². The van der Waals surface area contributed by atoms with Crippen molar-refractivity contribution in [1.82, 2.24) is 19.9 Å². The van der Waals surface area contributed by atoms with Gasteiger partial charge in [0, 0.05) is 24.3 Å². The highest BCUT2D eigenvalue weighted by atomic mass is 32.1. The van der Waals surface area contributed by atoms with E-state index in [0.29, 0.717) is 12.0 Å². The fourth-order valence-corrected chi connectivity index (χ4v) is 3.69. The Bertz CT molecular complexity index is 775. The van der Waals surface area contributed by atoms with E-state index >= 15 is 0 Å². The van der Waals surface area contributed by atoms with Gasteiger partial charge in [0.2, 0.25) is 5.95 Å². The number of nitrogens with zero attached hydrogens (tertiary/aromatic N) is 4. The summed E-state index contributed by atoms with van der Waals surface area (Å²) in [5, 5.41) is 5.93. The van der Waals surface area contributed by atoms with Crippen LogP contribution in [0.15, 0.2) is 54.2 Å². The van der Waals surface area contributed by atoms with Crippen molar-refractivity contribution in [2.24, 2.45) is 0 Å². The van der Waals surface area contributed by atoms with Crippen molar-refractivity contribution in [2.45, 2.75) is 25.4 Å². The zero-order valence-corrected chi connectivity index (χ0v) is 14.1. The summed E-state index contributed by atoms with van der Waals surface area (Å²) in [6.45, 7) is 2.07. The third-order valence-corrected chi connectivity index (χ3v) is 4.95. The van der Waals surface area contributed by atoms with Gasteiger partial charge in [-0.3, -0.25) is 4.90 Å². The molecular weight excluding hydrogens is 318 g/mol. The Kier molecular flexibility index (Phi) is 4.49. The van der Waals surface area contributed by atoms with E-state index in [1.807, 2.05) is 17.6 Å². The SMILES string of the molecule is c1ccc(CN2CCC[C@H]2c2ccnc(Nc3nccs3)n2)cc1. The Hall–Kier alpha value is -2.31. The van der Waals surface area contributed by atoms with E-state index in [4.69, 9.17) is 4.98 Å². The van der Waals surface area contributed by atoms with Crippen LogP contribution in [0.1, 0.15) is 30.1 Å². The van der Waals surface area contributed by atoms with Crippen LogP contribution in [0.25, 0.3) is 0 Å². The number of hydrogen-bond acceptors (Lipinski definition) is 6. The number of aromatic nitrogens is 3. The number of benzene rings is 1. The molecule has 1 atom stereocenters. The molecule has 1 aliphatic heterocycles. The van der Waals surface area contributed by atoms with E-state index in [-0.39, 0.29) is 0 Å². The van der Waals surface area contributed by atoms with Gasteiger partial charge in [-0.25, -0.2) is 15.0 Å². The first-order valence-electron chi connectivity index (χ1n) is 8.16. The smallest absolute Gasteiger partial charge is 0.229 e. The Labute approximate surface area is 145 Å². The van der Waals surface area contributed by atoms with Gasteiger partial charge in [0.05, 0.1) is 11.7 Å². The predicted molar refractivity (Wildman–Crippen MR) is 96.3 cm³/mol. The van der Waals surface area contributed by atoms with E-state index in [0.717, 1.165) is 30.3 Å². The highest BCUT2D eigenvalue weighted by Gasteiger charge is 2.27. The average Bonchev–Trinajstić information content (AvgIpc) is 3.28. The number of thiazole rings is 1. The summed E-state index contributed by atoms with van der Waals surface area (Å²) in [6.07, 6.45) is 5.95. The molecule has 1 saturated heterocycles. The van der Waals surface area contributed by atoms with Crippen LogP contribution in [0.2, 0.25) is 0 Å². The second kappa shape index (κ2) is 7.07. The van der Waals surface area contributed by atoms with E-state index in [2.05, 4.69) is 50.5 Å². The standard InChI is InChI=1S/C18H19N5S/c1-2-5-14(6-3-1)13-23-11-4-7-16(23)15-8-9-19-17(21-15)22-18-20-10-12-24-18/h1-3,5-6,8-10,12,16H,4,7,11,13H2,(H,19,20,21,22)/t16-/m0/s1. The first kappa shape index (κ1) is 15.2. The van der Waals surface area contributed by atoms with Gasteiger partial charge in [0.15, 0.2) is 5.13 Å². The van der Waals surface area contributed by atoms with Crippen LogP contribution in [0.4, 0.5) is 11.1 Å². The van der Waals surface area contributed by atoms with Gasteiger partial charge < -0.3 is 5.32 Å². The van der Waals surface area contributed by atoms with Gasteiger partial charge in [-0.15, -0.1) is 11.3 Å². The highest BCUT2D eigenvalue weighted by molar-refractivity contribution is 7.13. The van der Waals surface area contributed by atoms with E-state index < -0.39 is 0 Å². The second-order valence-electron chi connectivity index (χ2n) is 5.88. The zero-order chi connectivity index (χ0) is 16.2. The Morgan fingerprint density at radius 2 is 2.04 bits per heavy atom. The lowest BCUT2D eigenvalue weighted by Gasteiger charge is -2.24. The van der Waals surface area contributed by atoms with Crippen LogP contribution in [-0.2, 0) is 6.54 Å². The van der Waals surface area contributed by atoms with Crippen LogP contribution in [0.5, 0.6) is 0 Å². The van der Waals surface area contributed by atoms with Crippen molar-refractivity contribution >= 4 is 22.4 Å². The molecule has 0 aliphatic carbocycles. The van der Waals surface area contributed by atoms with Crippen LogP contribution in [0.3, 0.4) is 0 Å².